The zero-order chi connectivity index (χ0) is 16.9. The van der Waals surface area contributed by atoms with Crippen LogP contribution >= 0.6 is 0 Å². The van der Waals surface area contributed by atoms with Gasteiger partial charge < -0.3 is 14.4 Å². The van der Waals surface area contributed by atoms with Crippen molar-refractivity contribution in [1.29, 1.82) is 0 Å². The number of likely N-dealkylation sites (tertiary alicyclic amines) is 1. The van der Waals surface area contributed by atoms with Gasteiger partial charge in [-0.25, -0.2) is 0 Å². The molecular formula is C17H20N2O5. The van der Waals surface area contributed by atoms with E-state index in [1.165, 1.54) is 18.2 Å². The maximum Gasteiger partial charge on any atom is 0.270 e. The average Bonchev–Trinajstić information content (AvgIpc) is 3.14. The molecule has 1 amide bonds. The van der Waals surface area contributed by atoms with Crippen molar-refractivity contribution >= 4 is 17.7 Å². The molecule has 1 aromatic rings. The van der Waals surface area contributed by atoms with Crippen LogP contribution < -0.4 is 0 Å². The fourth-order valence-electron chi connectivity index (χ4n) is 3.12. The van der Waals surface area contributed by atoms with Crippen molar-refractivity contribution in [3.05, 3.63) is 46.0 Å². The smallest absolute Gasteiger partial charge is 0.270 e. The number of hydrogen-bond donors (Lipinski definition) is 0. The number of nitrogens with zero attached hydrogens (tertiary/aromatic N) is 2. The summed E-state index contributed by atoms with van der Waals surface area (Å²) in [6.45, 7) is 1.80. The van der Waals surface area contributed by atoms with Gasteiger partial charge in [-0.3, -0.25) is 14.9 Å². The lowest BCUT2D eigenvalue weighted by Crippen LogP contribution is -2.49. The van der Waals surface area contributed by atoms with Crippen molar-refractivity contribution in [2.45, 2.75) is 31.6 Å². The molecule has 0 saturated carbocycles. The molecule has 2 heterocycles. The summed E-state index contributed by atoms with van der Waals surface area (Å²) in [6, 6.07) is 6.14. The molecule has 1 aromatic carbocycles. The fourth-order valence-corrected chi connectivity index (χ4v) is 3.12. The molecule has 0 bridgehead atoms. The molecule has 24 heavy (non-hydrogen) atoms. The van der Waals surface area contributed by atoms with E-state index >= 15 is 0 Å². The van der Waals surface area contributed by atoms with Crippen LogP contribution in [0.1, 0.15) is 24.8 Å². The molecular weight excluding hydrogens is 312 g/mol. The van der Waals surface area contributed by atoms with Crippen molar-refractivity contribution in [3.8, 4) is 0 Å². The van der Waals surface area contributed by atoms with Gasteiger partial charge in [-0.2, -0.15) is 0 Å². The summed E-state index contributed by atoms with van der Waals surface area (Å²) in [7, 11) is 0. The first-order valence-electron chi connectivity index (χ1n) is 8.11. The van der Waals surface area contributed by atoms with Crippen LogP contribution in [0.3, 0.4) is 0 Å². The first-order valence-corrected chi connectivity index (χ1v) is 8.11. The van der Waals surface area contributed by atoms with Gasteiger partial charge in [0.2, 0.25) is 5.91 Å². The van der Waals surface area contributed by atoms with Gasteiger partial charge in [-0.05, 0) is 30.9 Å². The third-order valence-electron chi connectivity index (χ3n) is 4.29. The third-order valence-corrected chi connectivity index (χ3v) is 4.29. The lowest BCUT2D eigenvalue weighted by atomic mass is 10.0. The van der Waals surface area contributed by atoms with Crippen LogP contribution in [-0.2, 0) is 14.3 Å². The molecule has 0 unspecified atom stereocenters. The Hall–Kier alpha value is -2.25. The Labute approximate surface area is 140 Å². The first kappa shape index (κ1) is 16.6. The van der Waals surface area contributed by atoms with Gasteiger partial charge in [0.25, 0.3) is 5.69 Å². The molecule has 7 nitrogen and oxygen atoms in total. The van der Waals surface area contributed by atoms with Crippen LogP contribution in [0.2, 0.25) is 0 Å². The van der Waals surface area contributed by atoms with E-state index in [9.17, 15) is 14.9 Å². The summed E-state index contributed by atoms with van der Waals surface area (Å²) < 4.78 is 11.1. The predicted molar refractivity (Wildman–Crippen MR) is 87.2 cm³/mol. The summed E-state index contributed by atoms with van der Waals surface area (Å²) in [4.78, 5) is 24.7. The van der Waals surface area contributed by atoms with Crippen LogP contribution in [-0.4, -0.2) is 47.8 Å². The summed E-state index contributed by atoms with van der Waals surface area (Å²) in [6.07, 6.45) is 5.59. The van der Waals surface area contributed by atoms with E-state index < -0.39 is 4.92 Å². The number of nitro benzene ring substituents is 1. The SMILES string of the molecule is O=C(/C=C\c1cccc([N+](=O)[O-])c1)N1CCCC[C@@H]1C1OCCO1. The van der Waals surface area contributed by atoms with E-state index in [1.54, 1.807) is 23.1 Å². The number of rotatable bonds is 4. The average molecular weight is 332 g/mol. The standard InChI is InChI=1S/C17H20N2O5/c20-16(8-7-13-4-3-5-14(12-13)19(21)22)18-9-2-1-6-15(18)17-23-10-11-24-17/h3-5,7-8,12,15,17H,1-2,6,9-11H2/b8-7-/t15-/m1/s1. The minimum atomic E-state index is -0.450. The Morgan fingerprint density at radius 2 is 2.08 bits per heavy atom. The van der Waals surface area contributed by atoms with Crippen LogP contribution in [0.5, 0.6) is 0 Å². The maximum atomic E-state index is 12.6. The van der Waals surface area contributed by atoms with Crippen LogP contribution in [0.25, 0.3) is 6.08 Å². The number of benzene rings is 1. The van der Waals surface area contributed by atoms with Crippen molar-refractivity contribution in [1.82, 2.24) is 4.90 Å². The van der Waals surface area contributed by atoms with E-state index in [1.807, 2.05) is 0 Å². The molecule has 128 valence electrons. The summed E-state index contributed by atoms with van der Waals surface area (Å²) in [5.41, 5.74) is 0.632. The number of nitro groups is 1. The summed E-state index contributed by atoms with van der Waals surface area (Å²) in [5.74, 6) is -0.120. The Balaban J connectivity index is 1.70. The van der Waals surface area contributed by atoms with Crippen molar-refractivity contribution in [2.24, 2.45) is 0 Å². The Morgan fingerprint density at radius 3 is 2.83 bits per heavy atom. The van der Waals surface area contributed by atoms with Crippen molar-refractivity contribution in [3.63, 3.8) is 0 Å². The zero-order valence-electron chi connectivity index (χ0n) is 13.3. The molecule has 1 atom stereocenters. The second kappa shape index (κ2) is 7.55. The monoisotopic (exact) mass is 332 g/mol. The van der Waals surface area contributed by atoms with Gasteiger partial charge in [0.05, 0.1) is 24.2 Å². The molecule has 0 N–H and O–H groups in total. The number of ether oxygens (including phenoxy) is 2. The highest BCUT2D eigenvalue weighted by Crippen LogP contribution is 2.25. The van der Waals surface area contributed by atoms with E-state index in [0.29, 0.717) is 25.3 Å². The molecule has 0 spiro atoms. The topological polar surface area (TPSA) is 81.9 Å². The summed E-state index contributed by atoms with van der Waals surface area (Å²) in [5, 5.41) is 10.8. The molecule has 2 fully saturated rings. The molecule has 0 radical (unpaired) electrons. The normalized spacial score (nSPS) is 22.2. The zero-order valence-corrected chi connectivity index (χ0v) is 13.3. The molecule has 2 saturated heterocycles. The minimum absolute atomic E-state index is 0.00760. The number of hydrogen-bond acceptors (Lipinski definition) is 5. The van der Waals surface area contributed by atoms with E-state index in [0.717, 1.165) is 19.3 Å². The van der Waals surface area contributed by atoms with E-state index in [-0.39, 0.29) is 23.9 Å². The molecule has 0 aromatic heterocycles. The second-order valence-corrected chi connectivity index (χ2v) is 5.89. The number of amides is 1. The van der Waals surface area contributed by atoms with Crippen LogP contribution in [0.4, 0.5) is 5.69 Å². The lowest BCUT2D eigenvalue weighted by Gasteiger charge is -2.37. The highest BCUT2D eigenvalue weighted by molar-refractivity contribution is 5.92. The van der Waals surface area contributed by atoms with Crippen LogP contribution in [0.15, 0.2) is 30.3 Å². The van der Waals surface area contributed by atoms with Gasteiger partial charge in [0, 0.05) is 24.8 Å². The summed E-state index contributed by atoms with van der Waals surface area (Å²) >= 11 is 0. The lowest BCUT2D eigenvalue weighted by molar-refractivity contribution is -0.384. The van der Waals surface area contributed by atoms with Crippen LogP contribution in [0, 0.1) is 10.1 Å². The Morgan fingerprint density at radius 1 is 1.29 bits per heavy atom. The van der Waals surface area contributed by atoms with E-state index in [2.05, 4.69) is 0 Å². The predicted octanol–water partition coefficient (Wildman–Crippen LogP) is 2.36. The first-order chi connectivity index (χ1) is 11.6. The second-order valence-electron chi connectivity index (χ2n) is 5.89. The van der Waals surface area contributed by atoms with Crippen molar-refractivity contribution in [2.75, 3.05) is 19.8 Å². The Bertz CT molecular complexity index is 640. The molecule has 7 heteroatoms. The minimum Gasteiger partial charge on any atom is -0.348 e. The van der Waals surface area contributed by atoms with Gasteiger partial charge in [-0.15, -0.1) is 0 Å². The highest BCUT2D eigenvalue weighted by Gasteiger charge is 2.35. The Kier molecular flexibility index (Phi) is 5.22. The molecule has 2 aliphatic heterocycles. The number of carbonyl (C=O) groups is 1. The third kappa shape index (κ3) is 3.80. The maximum absolute atomic E-state index is 12.6. The van der Waals surface area contributed by atoms with Gasteiger partial charge in [0.1, 0.15) is 0 Å². The van der Waals surface area contributed by atoms with Gasteiger partial charge >= 0.3 is 0 Å². The van der Waals surface area contributed by atoms with E-state index in [4.69, 9.17) is 9.47 Å². The van der Waals surface area contributed by atoms with Gasteiger partial charge in [0.15, 0.2) is 6.29 Å². The molecule has 3 rings (SSSR count). The van der Waals surface area contributed by atoms with Crippen molar-refractivity contribution < 1.29 is 19.2 Å². The number of piperidine rings is 1. The largest absolute Gasteiger partial charge is 0.348 e. The molecule has 0 aliphatic carbocycles. The van der Waals surface area contributed by atoms with Gasteiger partial charge in [-0.1, -0.05) is 12.1 Å². The number of carbonyl (C=O) groups excluding carboxylic acids is 1. The highest BCUT2D eigenvalue weighted by atomic mass is 16.7. The number of non-ortho nitro benzene ring substituents is 1. The quantitative estimate of drug-likeness (QED) is 0.480. The fraction of sp³-hybridized carbons (Fsp3) is 0.471. The molecule has 2 aliphatic rings.